The molecular weight excluding hydrogens is 378 g/mol. The molecule has 6 heteroatoms. The predicted molar refractivity (Wildman–Crippen MR) is 114 cm³/mol. The molecule has 1 aromatic heterocycles. The third kappa shape index (κ3) is 3.16. The molecule has 1 aliphatic carbocycles. The highest BCUT2D eigenvalue weighted by molar-refractivity contribution is 6.02. The van der Waals surface area contributed by atoms with Crippen LogP contribution in [0, 0.1) is 23.7 Å². The molecule has 0 bridgehead atoms. The molecular formula is C24H25N3O3. The standard InChI is InChI=1S/C24H25N3O3/c28-13-19-9-18-11-27(12-22(18)23(19)14-29)24(30)16-4-5-21-15(8-16)2-1-3-20(21)17-6-7-25-26-10-17/h1-8,10,18-19,22-23,28-29H,9,11-14H2/t18-,19+,22+,23-/m0/s1. The number of rotatable bonds is 4. The Morgan fingerprint density at radius 3 is 2.73 bits per heavy atom. The lowest BCUT2D eigenvalue weighted by atomic mass is 9.89. The van der Waals surface area contributed by atoms with Crippen molar-refractivity contribution < 1.29 is 15.0 Å². The van der Waals surface area contributed by atoms with E-state index in [2.05, 4.69) is 16.3 Å². The molecule has 3 aromatic rings. The summed E-state index contributed by atoms with van der Waals surface area (Å²) in [6.07, 6.45) is 4.31. The Morgan fingerprint density at radius 2 is 1.97 bits per heavy atom. The highest BCUT2D eigenvalue weighted by Crippen LogP contribution is 2.45. The normalized spacial score (nSPS) is 25.6. The second-order valence-corrected chi connectivity index (χ2v) is 8.53. The number of fused-ring (bicyclic) bond motifs is 2. The van der Waals surface area contributed by atoms with Gasteiger partial charge in [0.05, 0.1) is 12.4 Å². The molecule has 0 unspecified atom stereocenters. The fraction of sp³-hybridized carbons (Fsp3) is 0.375. The third-order valence-corrected chi connectivity index (χ3v) is 7.01. The van der Waals surface area contributed by atoms with Gasteiger partial charge in [-0.3, -0.25) is 4.79 Å². The van der Waals surface area contributed by atoms with Gasteiger partial charge in [0.25, 0.3) is 5.91 Å². The molecule has 2 aliphatic rings. The van der Waals surface area contributed by atoms with Crippen LogP contribution < -0.4 is 0 Å². The fourth-order valence-corrected chi connectivity index (χ4v) is 5.51. The van der Waals surface area contributed by atoms with E-state index in [1.54, 1.807) is 12.4 Å². The van der Waals surface area contributed by atoms with E-state index in [0.717, 1.165) is 28.3 Å². The number of aliphatic hydroxyl groups is 2. The molecule has 2 heterocycles. The maximum absolute atomic E-state index is 13.2. The summed E-state index contributed by atoms with van der Waals surface area (Å²) in [6, 6.07) is 13.9. The van der Waals surface area contributed by atoms with Gasteiger partial charge in [-0.1, -0.05) is 24.3 Å². The largest absolute Gasteiger partial charge is 0.396 e. The molecule has 1 aliphatic heterocycles. The van der Waals surface area contributed by atoms with Crippen LogP contribution >= 0.6 is 0 Å². The molecule has 30 heavy (non-hydrogen) atoms. The van der Waals surface area contributed by atoms with Crippen LogP contribution in [0.1, 0.15) is 16.8 Å². The van der Waals surface area contributed by atoms with Gasteiger partial charge in [0.2, 0.25) is 0 Å². The number of hydrogen-bond acceptors (Lipinski definition) is 5. The number of benzene rings is 2. The maximum atomic E-state index is 13.2. The van der Waals surface area contributed by atoms with Crippen molar-refractivity contribution in [2.75, 3.05) is 26.3 Å². The second kappa shape index (κ2) is 7.78. The molecule has 1 amide bonds. The predicted octanol–water partition coefficient (Wildman–Crippen LogP) is 2.61. The number of nitrogens with zero attached hydrogens (tertiary/aromatic N) is 3. The average Bonchev–Trinajstić information content (AvgIpc) is 3.35. The van der Waals surface area contributed by atoms with Crippen molar-refractivity contribution in [3.8, 4) is 11.1 Å². The van der Waals surface area contributed by atoms with Crippen LogP contribution in [0.2, 0.25) is 0 Å². The quantitative estimate of drug-likeness (QED) is 0.699. The Kier molecular flexibility index (Phi) is 4.97. The van der Waals surface area contributed by atoms with Crippen LogP contribution in [0.25, 0.3) is 21.9 Å². The van der Waals surface area contributed by atoms with E-state index in [1.807, 2.05) is 41.3 Å². The van der Waals surface area contributed by atoms with Crippen molar-refractivity contribution in [3.05, 3.63) is 60.4 Å². The summed E-state index contributed by atoms with van der Waals surface area (Å²) in [4.78, 5) is 15.1. The number of amides is 1. The molecule has 1 saturated heterocycles. The summed E-state index contributed by atoms with van der Waals surface area (Å²) in [5, 5.41) is 29.3. The van der Waals surface area contributed by atoms with Gasteiger partial charge in [0.15, 0.2) is 0 Å². The molecule has 4 atom stereocenters. The molecule has 0 radical (unpaired) electrons. The van der Waals surface area contributed by atoms with Gasteiger partial charge in [-0.05, 0) is 64.6 Å². The first kappa shape index (κ1) is 19.2. The number of carbonyl (C=O) groups excluding carboxylic acids is 1. The minimum atomic E-state index is 0.0412. The number of aliphatic hydroxyl groups excluding tert-OH is 2. The highest BCUT2D eigenvalue weighted by atomic mass is 16.3. The van der Waals surface area contributed by atoms with Crippen molar-refractivity contribution in [1.82, 2.24) is 15.1 Å². The van der Waals surface area contributed by atoms with Crippen LogP contribution in [0.4, 0.5) is 0 Å². The van der Waals surface area contributed by atoms with Gasteiger partial charge < -0.3 is 15.1 Å². The smallest absolute Gasteiger partial charge is 0.253 e. The van der Waals surface area contributed by atoms with Crippen LogP contribution in [0.5, 0.6) is 0 Å². The third-order valence-electron chi connectivity index (χ3n) is 7.01. The van der Waals surface area contributed by atoms with Crippen LogP contribution in [-0.2, 0) is 0 Å². The van der Waals surface area contributed by atoms with Crippen LogP contribution in [-0.4, -0.2) is 57.5 Å². The lowest BCUT2D eigenvalue weighted by molar-refractivity contribution is 0.0738. The summed E-state index contributed by atoms with van der Waals surface area (Å²) in [5.41, 5.74) is 2.75. The van der Waals surface area contributed by atoms with E-state index in [0.29, 0.717) is 24.6 Å². The number of carbonyl (C=O) groups is 1. The van der Waals surface area contributed by atoms with Gasteiger partial charge in [0, 0.05) is 37.4 Å². The average molecular weight is 403 g/mol. The lowest BCUT2D eigenvalue weighted by Crippen LogP contribution is -2.32. The van der Waals surface area contributed by atoms with Gasteiger partial charge >= 0.3 is 0 Å². The van der Waals surface area contributed by atoms with Gasteiger partial charge in [0.1, 0.15) is 0 Å². The maximum Gasteiger partial charge on any atom is 0.253 e. The summed E-state index contributed by atoms with van der Waals surface area (Å²) < 4.78 is 0. The molecule has 2 fully saturated rings. The van der Waals surface area contributed by atoms with E-state index in [9.17, 15) is 15.0 Å². The number of likely N-dealkylation sites (tertiary alicyclic amines) is 1. The van der Waals surface area contributed by atoms with Crippen molar-refractivity contribution in [2.45, 2.75) is 6.42 Å². The van der Waals surface area contributed by atoms with Crippen LogP contribution in [0.15, 0.2) is 54.9 Å². The first-order chi connectivity index (χ1) is 14.7. The first-order valence-corrected chi connectivity index (χ1v) is 10.5. The molecule has 6 nitrogen and oxygen atoms in total. The first-order valence-electron chi connectivity index (χ1n) is 10.5. The topological polar surface area (TPSA) is 86.6 Å². The van der Waals surface area contributed by atoms with Crippen molar-refractivity contribution in [3.63, 3.8) is 0 Å². The second-order valence-electron chi connectivity index (χ2n) is 8.53. The van der Waals surface area contributed by atoms with Gasteiger partial charge in [-0.25, -0.2) is 0 Å². The van der Waals surface area contributed by atoms with Crippen molar-refractivity contribution in [1.29, 1.82) is 0 Å². The summed E-state index contributed by atoms with van der Waals surface area (Å²) in [5.74, 6) is 0.936. The SMILES string of the molecule is O=C(c1ccc2c(-c3ccnnc3)cccc2c1)N1C[C@@H]2C[C@H](CO)[C@H](CO)[C@@H]2C1. The minimum absolute atomic E-state index is 0.0412. The van der Waals surface area contributed by atoms with Crippen LogP contribution in [0.3, 0.4) is 0 Å². The Morgan fingerprint density at radius 1 is 1.07 bits per heavy atom. The molecule has 0 spiro atoms. The summed E-state index contributed by atoms with van der Waals surface area (Å²) >= 11 is 0. The van der Waals surface area contributed by atoms with Gasteiger partial charge in [-0.2, -0.15) is 10.2 Å². The summed E-state index contributed by atoms with van der Waals surface area (Å²) in [6.45, 7) is 1.56. The van der Waals surface area contributed by atoms with E-state index < -0.39 is 0 Å². The molecule has 154 valence electrons. The van der Waals surface area contributed by atoms with E-state index in [1.165, 1.54) is 0 Å². The zero-order chi connectivity index (χ0) is 20.7. The number of aromatic nitrogens is 2. The monoisotopic (exact) mass is 403 g/mol. The van der Waals surface area contributed by atoms with Gasteiger partial charge in [-0.15, -0.1) is 0 Å². The van der Waals surface area contributed by atoms with E-state index in [4.69, 9.17) is 0 Å². The Bertz CT molecular complexity index is 1070. The Labute approximate surface area is 175 Å². The molecule has 2 aromatic carbocycles. The highest BCUT2D eigenvalue weighted by Gasteiger charge is 2.48. The van der Waals surface area contributed by atoms with E-state index in [-0.39, 0.29) is 36.9 Å². The zero-order valence-corrected chi connectivity index (χ0v) is 16.7. The molecule has 1 saturated carbocycles. The fourth-order valence-electron chi connectivity index (χ4n) is 5.51. The van der Waals surface area contributed by atoms with Crippen molar-refractivity contribution in [2.24, 2.45) is 23.7 Å². The number of hydrogen-bond donors (Lipinski definition) is 2. The van der Waals surface area contributed by atoms with Crippen molar-refractivity contribution >= 4 is 16.7 Å². The molecule has 5 rings (SSSR count). The lowest BCUT2D eigenvalue weighted by Gasteiger charge is -2.23. The minimum Gasteiger partial charge on any atom is -0.396 e. The summed E-state index contributed by atoms with van der Waals surface area (Å²) in [7, 11) is 0. The zero-order valence-electron chi connectivity index (χ0n) is 16.7. The Hall–Kier alpha value is -2.83. The van der Waals surface area contributed by atoms with E-state index >= 15 is 0 Å². The molecule has 2 N–H and O–H groups in total. The Balaban J connectivity index is 1.40.